The maximum absolute atomic E-state index is 13.3. The van der Waals surface area contributed by atoms with Crippen molar-refractivity contribution >= 4 is 11.9 Å². The second kappa shape index (κ2) is 9.09. The molecule has 7 heteroatoms. The number of likely N-dealkylation sites (tertiary alicyclic amines) is 1. The van der Waals surface area contributed by atoms with Gasteiger partial charge in [0, 0.05) is 32.7 Å². The van der Waals surface area contributed by atoms with Gasteiger partial charge < -0.3 is 10.0 Å². The van der Waals surface area contributed by atoms with Gasteiger partial charge in [-0.15, -0.1) is 0 Å². The van der Waals surface area contributed by atoms with E-state index in [4.69, 9.17) is 5.11 Å². The van der Waals surface area contributed by atoms with Crippen molar-refractivity contribution < 1.29 is 19.1 Å². The van der Waals surface area contributed by atoms with Crippen molar-refractivity contribution in [2.45, 2.75) is 38.4 Å². The summed E-state index contributed by atoms with van der Waals surface area (Å²) in [4.78, 5) is 29.2. The molecule has 1 fully saturated rings. The van der Waals surface area contributed by atoms with Crippen molar-refractivity contribution in [3.8, 4) is 0 Å². The Hall–Kier alpha value is -1.99. The van der Waals surface area contributed by atoms with Crippen LogP contribution in [0.25, 0.3) is 0 Å². The number of piperidine rings is 1. The van der Waals surface area contributed by atoms with E-state index in [9.17, 15) is 14.0 Å². The van der Waals surface area contributed by atoms with Crippen LogP contribution in [0.2, 0.25) is 0 Å². The van der Waals surface area contributed by atoms with E-state index in [-0.39, 0.29) is 30.4 Å². The molecular formula is C19H28FN3O3. The zero-order valence-electron chi connectivity index (χ0n) is 15.7. The van der Waals surface area contributed by atoms with E-state index in [1.807, 2.05) is 18.9 Å². The van der Waals surface area contributed by atoms with Crippen molar-refractivity contribution in [2.75, 3.05) is 33.7 Å². The van der Waals surface area contributed by atoms with Gasteiger partial charge in [-0.25, -0.2) is 4.39 Å². The summed E-state index contributed by atoms with van der Waals surface area (Å²) in [5, 5.41) is 8.90. The minimum atomic E-state index is -0.822. The number of nitrogens with zero attached hydrogens (tertiary/aromatic N) is 3. The molecule has 0 radical (unpaired) electrons. The first-order chi connectivity index (χ1) is 12.3. The fourth-order valence-electron chi connectivity index (χ4n) is 3.52. The van der Waals surface area contributed by atoms with Crippen molar-refractivity contribution in [3.63, 3.8) is 0 Å². The number of carbonyl (C=O) groups excluding carboxylic acids is 1. The Bertz CT molecular complexity index is 632. The molecule has 0 spiro atoms. The van der Waals surface area contributed by atoms with Crippen LogP contribution in [-0.4, -0.2) is 77.5 Å². The van der Waals surface area contributed by atoms with Crippen LogP contribution in [0.15, 0.2) is 24.3 Å². The highest BCUT2D eigenvalue weighted by Crippen LogP contribution is 2.18. The number of halogens is 1. The molecule has 1 amide bonds. The third-order valence-electron chi connectivity index (χ3n) is 5.10. The number of carboxylic acids is 1. The van der Waals surface area contributed by atoms with Gasteiger partial charge in [-0.2, -0.15) is 0 Å². The van der Waals surface area contributed by atoms with Crippen molar-refractivity contribution in [1.82, 2.24) is 14.7 Å². The molecule has 6 nitrogen and oxygen atoms in total. The maximum atomic E-state index is 13.3. The molecule has 1 atom stereocenters. The molecule has 0 aliphatic carbocycles. The molecule has 0 saturated carbocycles. The Morgan fingerprint density at radius 3 is 2.54 bits per heavy atom. The Kier molecular flexibility index (Phi) is 7.11. The van der Waals surface area contributed by atoms with Gasteiger partial charge in [0.05, 0.1) is 12.6 Å². The van der Waals surface area contributed by atoms with E-state index in [0.717, 1.165) is 31.5 Å². The minimum absolute atomic E-state index is 0.00611. The van der Waals surface area contributed by atoms with Crippen LogP contribution in [0, 0.1) is 5.82 Å². The summed E-state index contributed by atoms with van der Waals surface area (Å²) in [5.74, 6) is -1.12. The molecule has 1 saturated heterocycles. The summed E-state index contributed by atoms with van der Waals surface area (Å²) < 4.78 is 13.3. The molecule has 1 aliphatic rings. The number of hydrogen-bond donors (Lipinski definition) is 1. The summed E-state index contributed by atoms with van der Waals surface area (Å²) in [5.41, 5.74) is 0.766. The molecule has 26 heavy (non-hydrogen) atoms. The molecule has 0 bridgehead atoms. The highest BCUT2D eigenvalue weighted by molar-refractivity contribution is 5.81. The van der Waals surface area contributed by atoms with Gasteiger partial charge in [-0.3, -0.25) is 19.4 Å². The summed E-state index contributed by atoms with van der Waals surface area (Å²) in [7, 11) is 3.56. The Balaban J connectivity index is 1.85. The van der Waals surface area contributed by atoms with Crippen LogP contribution in [-0.2, 0) is 16.1 Å². The fourth-order valence-corrected chi connectivity index (χ4v) is 3.52. The van der Waals surface area contributed by atoms with Crippen LogP contribution >= 0.6 is 0 Å². The van der Waals surface area contributed by atoms with E-state index in [1.54, 1.807) is 24.1 Å². The number of likely N-dealkylation sites (N-methyl/N-ethyl adjacent to an activating group) is 2. The minimum Gasteiger partial charge on any atom is -0.480 e. The molecule has 1 aromatic carbocycles. The van der Waals surface area contributed by atoms with Crippen LogP contribution in [0.3, 0.4) is 0 Å². The lowest BCUT2D eigenvalue weighted by molar-refractivity contribution is -0.138. The number of amides is 1. The fraction of sp³-hybridized carbons (Fsp3) is 0.579. The third-order valence-corrected chi connectivity index (χ3v) is 5.10. The molecule has 2 rings (SSSR count). The first-order valence-electron chi connectivity index (χ1n) is 8.93. The molecule has 144 valence electrons. The summed E-state index contributed by atoms with van der Waals surface area (Å²) in [6, 6.07) is 6.26. The van der Waals surface area contributed by atoms with Crippen LogP contribution in [0.1, 0.15) is 25.3 Å². The quantitative estimate of drug-likeness (QED) is 0.796. The SMILES string of the molecule is CC(C(=O)N(C)Cc1cccc(F)c1)N1CCC(N(C)CC(=O)O)CC1. The number of carboxylic acid groups (broad SMARTS) is 1. The molecule has 1 heterocycles. The smallest absolute Gasteiger partial charge is 0.317 e. The first kappa shape index (κ1) is 20.3. The highest BCUT2D eigenvalue weighted by Gasteiger charge is 2.30. The average Bonchev–Trinajstić information content (AvgIpc) is 2.60. The Labute approximate surface area is 154 Å². The number of aliphatic carboxylic acids is 1. The third kappa shape index (κ3) is 5.51. The first-order valence-corrected chi connectivity index (χ1v) is 8.93. The normalized spacial score (nSPS) is 17.3. The maximum Gasteiger partial charge on any atom is 0.317 e. The van der Waals surface area contributed by atoms with Crippen molar-refractivity contribution in [3.05, 3.63) is 35.6 Å². The van der Waals surface area contributed by atoms with E-state index in [1.165, 1.54) is 12.1 Å². The highest BCUT2D eigenvalue weighted by atomic mass is 19.1. The van der Waals surface area contributed by atoms with E-state index in [2.05, 4.69) is 4.90 Å². The molecular weight excluding hydrogens is 337 g/mol. The van der Waals surface area contributed by atoms with Gasteiger partial charge in [0.2, 0.25) is 5.91 Å². The van der Waals surface area contributed by atoms with Gasteiger partial charge >= 0.3 is 5.97 Å². The average molecular weight is 365 g/mol. The van der Waals surface area contributed by atoms with E-state index >= 15 is 0 Å². The van der Waals surface area contributed by atoms with Crippen LogP contribution in [0.4, 0.5) is 4.39 Å². The number of hydrogen-bond acceptors (Lipinski definition) is 4. The predicted molar refractivity (Wildman–Crippen MR) is 97.2 cm³/mol. The lowest BCUT2D eigenvalue weighted by atomic mass is 10.0. The Morgan fingerprint density at radius 2 is 1.96 bits per heavy atom. The summed E-state index contributed by atoms with van der Waals surface area (Å²) >= 11 is 0. The molecule has 1 aliphatic heterocycles. The topological polar surface area (TPSA) is 64.1 Å². The molecule has 1 unspecified atom stereocenters. The Morgan fingerprint density at radius 1 is 1.31 bits per heavy atom. The summed E-state index contributed by atoms with van der Waals surface area (Å²) in [6.45, 7) is 3.82. The van der Waals surface area contributed by atoms with Crippen LogP contribution in [0.5, 0.6) is 0 Å². The monoisotopic (exact) mass is 365 g/mol. The molecule has 0 aromatic heterocycles. The van der Waals surface area contributed by atoms with E-state index < -0.39 is 5.97 Å². The lowest BCUT2D eigenvalue weighted by Crippen LogP contribution is -2.51. The zero-order valence-corrected chi connectivity index (χ0v) is 15.7. The van der Waals surface area contributed by atoms with Gasteiger partial charge in [0.25, 0.3) is 0 Å². The van der Waals surface area contributed by atoms with Crippen molar-refractivity contribution in [2.24, 2.45) is 0 Å². The van der Waals surface area contributed by atoms with Gasteiger partial charge in [-0.05, 0) is 44.5 Å². The van der Waals surface area contributed by atoms with Crippen molar-refractivity contribution in [1.29, 1.82) is 0 Å². The molecule has 1 N–H and O–H groups in total. The summed E-state index contributed by atoms with van der Waals surface area (Å²) in [6.07, 6.45) is 1.68. The second-order valence-electron chi connectivity index (χ2n) is 7.08. The number of carbonyl (C=O) groups is 2. The van der Waals surface area contributed by atoms with Gasteiger partial charge in [0.1, 0.15) is 5.82 Å². The lowest BCUT2D eigenvalue weighted by Gasteiger charge is -2.39. The number of benzene rings is 1. The molecule has 1 aromatic rings. The largest absolute Gasteiger partial charge is 0.480 e. The standard InChI is InChI=1S/C19H28FN3O3/c1-14(19(26)22(3)12-15-5-4-6-16(20)11-15)23-9-7-17(8-10-23)21(2)13-18(24)25/h4-6,11,14,17H,7-10,12-13H2,1-3H3,(H,24,25). The number of rotatable bonds is 7. The van der Waals surface area contributed by atoms with E-state index in [0.29, 0.717) is 6.54 Å². The van der Waals surface area contributed by atoms with Crippen LogP contribution < -0.4 is 0 Å². The van der Waals surface area contributed by atoms with Gasteiger partial charge in [0.15, 0.2) is 0 Å². The van der Waals surface area contributed by atoms with Gasteiger partial charge in [-0.1, -0.05) is 12.1 Å². The predicted octanol–water partition coefficient (Wildman–Crippen LogP) is 1.65. The second-order valence-corrected chi connectivity index (χ2v) is 7.08. The zero-order chi connectivity index (χ0) is 19.3.